The van der Waals surface area contributed by atoms with Crippen molar-refractivity contribution in [1.82, 2.24) is 0 Å². The number of carbonyl (C=O) groups excluding carboxylic acids is 1. The van der Waals surface area contributed by atoms with Gasteiger partial charge in [0.2, 0.25) is 0 Å². The number of phenolic OH excluding ortho intramolecular Hbond substituents is 1. The lowest BCUT2D eigenvalue weighted by atomic mass is 9.76. The highest BCUT2D eigenvalue weighted by molar-refractivity contribution is 5.95. The van der Waals surface area contributed by atoms with Crippen LogP contribution in [0.15, 0.2) is 36.4 Å². The number of phenols is 1. The van der Waals surface area contributed by atoms with Gasteiger partial charge in [-0.05, 0) is 47.8 Å². The second-order valence-corrected chi connectivity index (χ2v) is 9.65. The molecule has 7 heteroatoms. The number of benzene rings is 2. The first kappa shape index (κ1) is 26.2. The van der Waals surface area contributed by atoms with Crippen LogP contribution in [0.5, 0.6) is 11.5 Å². The number of amides is 1. The molecule has 0 fully saturated rings. The summed E-state index contributed by atoms with van der Waals surface area (Å²) in [6, 6.07) is 9.74. The van der Waals surface area contributed by atoms with E-state index >= 15 is 0 Å². The number of nitro benzene ring substituents is 1. The van der Waals surface area contributed by atoms with Crippen molar-refractivity contribution in [1.29, 1.82) is 0 Å². The number of nitro groups is 1. The summed E-state index contributed by atoms with van der Waals surface area (Å²) >= 11 is 0. The number of ether oxygens (including phenoxy) is 1. The van der Waals surface area contributed by atoms with Crippen molar-refractivity contribution in [3.8, 4) is 11.5 Å². The quantitative estimate of drug-likeness (QED) is 0.242. The van der Waals surface area contributed by atoms with Crippen molar-refractivity contribution in [3.05, 3.63) is 57.6 Å². The third-order valence-electron chi connectivity index (χ3n) is 6.64. The van der Waals surface area contributed by atoms with Crippen molar-refractivity contribution >= 4 is 17.3 Å². The molecule has 0 aliphatic heterocycles. The zero-order chi connectivity index (χ0) is 25.0. The monoisotopic (exact) mass is 456 g/mol. The number of aromatic hydroxyl groups is 1. The summed E-state index contributed by atoms with van der Waals surface area (Å²) in [5, 5.41) is 23.6. The van der Waals surface area contributed by atoms with Crippen LogP contribution in [0, 0.1) is 10.1 Å². The van der Waals surface area contributed by atoms with Crippen LogP contribution in [0.1, 0.15) is 78.9 Å². The molecule has 0 bridgehead atoms. The van der Waals surface area contributed by atoms with Crippen molar-refractivity contribution in [2.24, 2.45) is 0 Å². The maximum absolute atomic E-state index is 12.9. The largest absolute Gasteiger partial charge is 0.506 e. The molecule has 0 radical (unpaired) electrons. The molecule has 0 spiro atoms. The molecule has 0 saturated heterocycles. The van der Waals surface area contributed by atoms with E-state index in [-0.39, 0.29) is 28.0 Å². The Morgan fingerprint density at radius 3 is 2.21 bits per heavy atom. The Morgan fingerprint density at radius 1 is 1.06 bits per heavy atom. The average molecular weight is 457 g/mol. The van der Waals surface area contributed by atoms with Gasteiger partial charge in [-0.1, -0.05) is 60.6 Å². The molecule has 180 valence electrons. The van der Waals surface area contributed by atoms with Crippen LogP contribution < -0.4 is 10.1 Å². The van der Waals surface area contributed by atoms with E-state index in [1.165, 1.54) is 17.7 Å². The molecule has 0 unspecified atom stereocenters. The molecule has 0 heterocycles. The third kappa shape index (κ3) is 6.03. The lowest BCUT2D eigenvalue weighted by Gasteiger charge is -2.31. The zero-order valence-electron chi connectivity index (χ0n) is 20.7. The van der Waals surface area contributed by atoms with Crippen LogP contribution in [0.3, 0.4) is 0 Å². The molecule has 0 saturated carbocycles. The molecule has 0 aliphatic carbocycles. The van der Waals surface area contributed by atoms with E-state index in [0.717, 1.165) is 24.5 Å². The Morgan fingerprint density at radius 2 is 1.70 bits per heavy atom. The lowest BCUT2D eigenvalue weighted by molar-refractivity contribution is -0.384. The van der Waals surface area contributed by atoms with Crippen LogP contribution in [-0.2, 0) is 15.6 Å². The molecule has 1 atom stereocenters. The fraction of sp³-hybridized carbons (Fsp3) is 0.500. The van der Waals surface area contributed by atoms with Crippen molar-refractivity contribution in [2.45, 2.75) is 84.7 Å². The number of hydrogen-bond acceptors (Lipinski definition) is 5. The normalized spacial score (nSPS) is 12.8. The second-order valence-electron chi connectivity index (χ2n) is 9.65. The highest BCUT2D eigenvalue weighted by Gasteiger charge is 2.29. The van der Waals surface area contributed by atoms with Crippen molar-refractivity contribution in [2.75, 3.05) is 5.32 Å². The highest BCUT2D eigenvalue weighted by Crippen LogP contribution is 2.39. The fourth-order valence-corrected chi connectivity index (χ4v) is 3.41. The molecule has 0 aliphatic rings. The topological polar surface area (TPSA) is 102 Å². The van der Waals surface area contributed by atoms with E-state index in [4.69, 9.17) is 4.74 Å². The summed E-state index contributed by atoms with van der Waals surface area (Å²) in [4.78, 5) is 23.2. The predicted molar refractivity (Wildman–Crippen MR) is 131 cm³/mol. The molecule has 7 nitrogen and oxygen atoms in total. The molecular weight excluding hydrogens is 420 g/mol. The van der Waals surface area contributed by atoms with E-state index in [1.807, 2.05) is 13.0 Å². The summed E-state index contributed by atoms with van der Waals surface area (Å²) in [6.07, 6.45) is 1.51. The number of hydrogen-bond donors (Lipinski definition) is 2. The zero-order valence-corrected chi connectivity index (χ0v) is 20.7. The van der Waals surface area contributed by atoms with Gasteiger partial charge in [0.15, 0.2) is 6.10 Å². The van der Waals surface area contributed by atoms with Gasteiger partial charge in [0.05, 0.1) is 16.7 Å². The summed E-state index contributed by atoms with van der Waals surface area (Å²) in [5.74, 6) is -0.140. The summed E-state index contributed by atoms with van der Waals surface area (Å²) < 4.78 is 6.22. The highest BCUT2D eigenvalue weighted by atomic mass is 16.6. The number of carbonyl (C=O) groups is 1. The Hall–Kier alpha value is -3.09. The lowest BCUT2D eigenvalue weighted by Crippen LogP contribution is -2.33. The standard InChI is InChI=1S/C26H36N2O5/c1-8-22(24(30)27-20-13-12-18(28(31)32)16-21(20)29)33-23-14-11-17(25(4,5)9-2)15-19(23)26(6,7)10-3/h11-16,22,29H,8-10H2,1-7H3,(H,27,30)/t22-/m0/s1. The first-order valence-corrected chi connectivity index (χ1v) is 11.5. The minimum atomic E-state index is -0.795. The van der Waals surface area contributed by atoms with E-state index in [1.54, 1.807) is 0 Å². The van der Waals surface area contributed by atoms with Gasteiger partial charge in [0, 0.05) is 11.6 Å². The minimum absolute atomic E-state index is 0.0199. The van der Waals surface area contributed by atoms with Gasteiger partial charge in [0.1, 0.15) is 11.5 Å². The van der Waals surface area contributed by atoms with Crippen LogP contribution in [0.4, 0.5) is 11.4 Å². The SMILES string of the molecule is CC[C@H](Oc1ccc(C(C)(C)CC)cc1C(C)(C)CC)C(=O)Nc1ccc([N+](=O)[O-])cc1O. The van der Waals surface area contributed by atoms with Crippen LogP contribution >= 0.6 is 0 Å². The van der Waals surface area contributed by atoms with Crippen molar-refractivity contribution in [3.63, 3.8) is 0 Å². The Labute approximate surface area is 196 Å². The van der Waals surface area contributed by atoms with Gasteiger partial charge < -0.3 is 15.2 Å². The van der Waals surface area contributed by atoms with Gasteiger partial charge in [-0.2, -0.15) is 0 Å². The molecular formula is C26H36N2O5. The minimum Gasteiger partial charge on any atom is -0.506 e. The maximum atomic E-state index is 12.9. The molecule has 33 heavy (non-hydrogen) atoms. The molecule has 1 amide bonds. The van der Waals surface area contributed by atoms with Gasteiger partial charge in [-0.15, -0.1) is 0 Å². The summed E-state index contributed by atoms with van der Waals surface area (Å²) in [5.41, 5.74) is 1.99. The van der Waals surface area contributed by atoms with Gasteiger partial charge in [-0.3, -0.25) is 14.9 Å². The Kier molecular flexibility index (Phi) is 8.11. The molecule has 2 aromatic carbocycles. The van der Waals surface area contributed by atoms with E-state index < -0.39 is 16.9 Å². The van der Waals surface area contributed by atoms with Crippen molar-refractivity contribution < 1.29 is 19.6 Å². The fourth-order valence-electron chi connectivity index (χ4n) is 3.41. The number of non-ortho nitro benzene ring substituents is 1. The smallest absolute Gasteiger partial charge is 0.273 e. The first-order chi connectivity index (χ1) is 15.4. The first-order valence-electron chi connectivity index (χ1n) is 11.5. The molecule has 2 rings (SSSR count). The number of nitrogens with zero attached hydrogens (tertiary/aromatic N) is 1. The second kappa shape index (κ2) is 10.2. The number of nitrogens with one attached hydrogen (secondary N) is 1. The third-order valence-corrected chi connectivity index (χ3v) is 6.64. The average Bonchev–Trinajstić information content (AvgIpc) is 2.78. The molecule has 2 aromatic rings. The van der Waals surface area contributed by atoms with E-state index in [0.29, 0.717) is 12.2 Å². The predicted octanol–water partition coefficient (Wildman–Crippen LogP) is 6.47. The van der Waals surface area contributed by atoms with Crippen LogP contribution in [0.25, 0.3) is 0 Å². The summed E-state index contributed by atoms with van der Waals surface area (Å²) in [7, 11) is 0. The number of anilines is 1. The Balaban J connectivity index is 2.35. The van der Waals surface area contributed by atoms with E-state index in [9.17, 15) is 20.0 Å². The van der Waals surface area contributed by atoms with Gasteiger partial charge in [-0.25, -0.2) is 0 Å². The maximum Gasteiger partial charge on any atom is 0.273 e. The van der Waals surface area contributed by atoms with E-state index in [2.05, 4.69) is 59.0 Å². The van der Waals surface area contributed by atoms with Crippen LogP contribution in [-0.4, -0.2) is 22.0 Å². The van der Waals surface area contributed by atoms with Crippen LogP contribution in [0.2, 0.25) is 0 Å². The molecule has 0 aromatic heterocycles. The molecule has 2 N–H and O–H groups in total. The van der Waals surface area contributed by atoms with Gasteiger partial charge in [0.25, 0.3) is 11.6 Å². The van der Waals surface area contributed by atoms with Gasteiger partial charge >= 0.3 is 0 Å². The summed E-state index contributed by atoms with van der Waals surface area (Å²) in [6.45, 7) is 14.9. The Bertz CT molecular complexity index is 1010. The number of rotatable bonds is 10.